The normalized spacial score (nSPS) is 14.4. The maximum atomic E-state index is 14.1. The standard InChI is InChI=1S/C31H30ClFN6O4/c1-2-27-36-30(43-37-27)17-39-26-14-20(31(40)41)7-9-25(26)34-28(39)16-38-12-10-19(11-13-38)24-4-3-5-29(35-24)42-18-21-6-8-22(32)15-23(21)33/h3-9,14-15,19H,2,10-13,16-18H2,1H3,(H,40,41). The monoisotopic (exact) mass is 604 g/mol. The number of piperidine rings is 1. The number of aryl methyl sites for hydroxylation is 1. The molecule has 0 bridgehead atoms. The van der Waals surface area contributed by atoms with E-state index in [0.717, 1.165) is 37.4 Å². The Morgan fingerprint density at radius 3 is 2.67 bits per heavy atom. The first-order valence-corrected chi connectivity index (χ1v) is 14.5. The molecule has 0 spiro atoms. The van der Waals surface area contributed by atoms with Crippen molar-refractivity contribution in [2.24, 2.45) is 0 Å². The molecule has 0 radical (unpaired) electrons. The van der Waals surface area contributed by atoms with E-state index in [1.807, 2.05) is 23.6 Å². The van der Waals surface area contributed by atoms with Gasteiger partial charge in [-0.15, -0.1) is 0 Å². The summed E-state index contributed by atoms with van der Waals surface area (Å²) in [6.07, 6.45) is 2.45. The lowest BCUT2D eigenvalue weighted by atomic mass is 9.93. The smallest absolute Gasteiger partial charge is 0.335 e. The van der Waals surface area contributed by atoms with Crippen LogP contribution in [0.2, 0.25) is 5.02 Å². The first-order chi connectivity index (χ1) is 20.9. The topological polar surface area (TPSA) is 119 Å². The Balaban J connectivity index is 1.14. The van der Waals surface area contributed by atoms with Crippen LogP contribution in [0, 0.1) is 5.82 Å². The predicted octanol–water partition coefficient (Wildman–Crippen LogP) is 5.87. The van der Waals surface area contributed by atoms with Gasteiger partial charge in [0.1, 0.15) is 24.8 Å². The van der Waals surface area contributed by atoms with Crippen molar-refractivity contribution in [3.63, 3.8) is 0 Å². The van der Waals surface area contributed by atoms with Crippen LogP contribution in [0.1, 0.15) is 64.8 Å². The number of imidazole rings is 1. The summed E-state index contributed by atoms with van der Waals surface area (Å²) >= 11 is 5.85. The van der Waals surface area contributed by atoms with Crippen LogP contribution in [0.4, 0.5) is 4.39 Å². The van der Waals surface area contributed by atoms with Gasteiger partial charge in [0.2, 0.25) is 11.8 Å². The zero-order chi connectivity index (χ0) is 29.9. The van der Waals surface area contributed by atoms with Crippen molar-refractivity contribution in [1.29, 1.82) is 0 Å². The van der Waals surface area contributed by atoms with Gasteiger partial charge in [-0.05, 0) is 62.3 Å². The highest BCUT2D eigenvalue weighted by molar-refractivity contribution is 6.30. The van der Waals surface area contributed by atoms with E-state index in [-0.39, 0.29) is 18.1 Å². The number of halogens is 2. The average molecular weight is 605 g/mol. The summed E-state index contributed by atoms with van der Waals surface area (Å²) in [6, 6.07) is 15.2. The third-order valence-corrected chi connectivity index (χ3v) is 7.94. The fourth-order valence-electron chi connectivity index (χ4n) is 5.35. The van der Waals surface area contributed by atoms with E-state index in [1.54, 1.807) is 36.4 Å². The fraction of sp³-hybridized carbons (Fsp3) is 0.323. The average Bonchev–Trinajstić information content (AvgIpc) is 3.61. The Bertz CT molecular complexity index is 1760. The number of rotatable bonds is 10. The van der Waals surface area contributed by atoms with Gasteiger partial charge in [0, 0.05) is 34.7 Å². The number of carboxylic acids is 1. The van der Waals surface area contributed by atoms with Crippen molar-refractivity contribution in [2.45, 2.75) is 51.8 Å². The van der Waals surface area contributed by atoms with E-state index >= 15 is 0 Å². The SMILES string of the molecule is CCc1noc(Cn2c(CN3CCC(c4cccc(OCc5ccc(Cl)cc5F)n4)CC3)nc3ccc(C(=O)O)cc32)n1. The number of hydrogen-bond acceptors (Lipinski definition) is 8. The van der Waals surface area contributed by atoms with Gasteiger partial charge in [-0.1, -0.05) is 35.8 Å². The van der Waals surface area contributed by atoms with Crippen LogP contribution < -0.4 is 4.74 Å². The van der Waals surface area contributed by atoms with Gasteiger partial charge in [-0.25, -0.2) is 19.2 Å². The number of carbonyl (C=O) groups is 1. The number of fused-ring (bicyclic) bond motifs is 1. The lowest BCUT2D eigenvalue weighted by Crippen LogP contribution is -2.33. The molecule has 0 atom stereocenters. The summed E-state index contributed by atoms with van der Waals surface area (Å²) in [5, 5.41) is 13.9. The van der Waals surface area contributed by atoms with Gasteiger partial charge >= 0.3 is 5.97 Å². The fourth-order valence-corrected chi connectivity index (χ4v) is 5.51. The molecule has 1 aliphatic heterocycles. The van der Waals surface area contributed by atoms with Crippen LogP contribution >= 0.6 is 11.6 Å². The molecule has 5 aromatic rings. The van der Waals surface area contributed by atoms with Crippen molar-refractivity contribution in [3.05, 3.63) is 99.8 Å². The maximum Gasteiger partial charge on any atom is 0.335 e. The second kappa shape index (κ2) is 12.5. The summed E-state index contributed by atoms with van der Waals surface area (Å²) < 4.78 is 27.4. The number of benzene rings is 2. The molecule has 0 aliphatic carbocycles. The number of carboxylic acid groups (broad SMARTS) is 1. The van der Waals surface area contributed by atoms with Crippen molar-refractivity contribution in [2.75, 3.05) is 13.1 Å². The summed E-state index contributed by atoms with van der Waals surface area (Å²) in [6.45, 7) is 4.57. The highest BCUT2D eigenvalue weighted by Gasteiger charge is 2.25. The largest absolute Gasteiger partial charge is 0.478 e. The molecule has 1 N–H and O–H groups in total. The number of nitrogens with zero attached hydrogens (tertiary/aromatic N) is 6. The zero-order valence-electron chi connectivity index (χ0n) is 23.5. The van der Waals surface area contributed by atoms with Gasteiger partial charge in [-0.3, -0.25) is 4.90 Å². The van der Waals surface area contributed by atoms with Gasteiger partial charge < -0.3 is 18.9 Å². The van der Waals surface area contributed by atoms with E-state index in [9.17, 15) is 14.3 Å². The molecular weight excluding hydrogens is 575 g/mol. The molecule has 12 heteroatoms. The predicted molar refractivity (Wildman–Crippen MR) is 157 cm³/mol. The minimum atomic E-state index is -0.996. The van der Waals surface area contributed by atoms with E-state index in [0.29, 0.717) is 58.7 Å². The molecule has 1 fully saturated rings. The second-order valence-electron chi connectivity index (χ2n) is 10.6. The molecule has 10 nitrogen and oxygen atoms in total. The van der Waals surface area contributed by atoms with Crippen LogP contribution in [0.15, 0.2) is 59.1 Å². The third-order valence-electron chi connectivity index (χ3n) is 7.70. The van der Waals surface area contributed by atoms with E-state index in [2.05, 4.69) is 15.0 Å². The maximum absolute atomic E-state index is 14.1. The Labute approximate surface area is 252 Å². The van der Waals surface area contributed by atoms with Crippen molar-refractivity contribution >= 4 is 28.6 Å². The molecule has 1 aliphatic rings. The number of aromatic carboxylic acids is 1. The number of pyridine rings is 1. The van der Waals surface area contributed by atoms with Crippen molar-refractivity contribution in [1.82, 2.24) is 29.6 Å². The Kier molecular flexibility index (Phi) is 8.35. The summed E-state index contributed by atoms with van der Waals surface area (Å²) in [5.74, 6) is 1.18. The van der Waals surface area contributed by atoms with Gasteiger partial charge in [0.25, 0.3) is 0 Å². The van der Waals surface area contributed by atoms with E-state index < -0.39 is 11.8 Å². The van der Waals surface area contributed by atoms with Crippen LogP contribution in [-0.4, -0.2) is 53.7 Å². The van der Waals surface area contributed by atoms with Crippen LogP contribution in [0.25, 0.3) is 11.0 Å². The summed E-state index contributed by atoms with van der Waals surface area (Å²) in [4.78, 5) is 28.0. The molecule has 2 aromatic carbocycles. The van der Waals surface area contributed by atoms with Gasteiger partial charge in [0.15, 0.2) is 5.82 Å². The number of ether oxygens (including phenoxy) is 1. The van der Waals surface area contributed by atoms with Crippen LogP contribution in [0.5, 0.6) is 5.88 Å². The number of hydrogen-bond donors (Lipinski definition) is 1. The molecule has 0 unspecified atom stereocenters. The molecule has 6 rings (SSSR count). The minimum absolute atomic E-state index is 0.0657. The van der Waals surface area contributed by atoms with Gasteiger partial charge in [-0.2, -0.15) is 4.98 Å². The molecule has 1 saturated heterocycles. The molecule has 0 saturated carbocycles. The van der Waals surface area contributed by atoms with Gasteiger partial charge in [0.05, 0.1) is 23.1 Å². The quantitative estimate of drug-likeness (QED) is 0.208. The van der Waals surface area contributed by atoms with Crippen LogP contribution in [-0.2, 0) is 26.1 Å². The lowest BCUT2D eigenvalue weighted by molar-refractivity contribution is 0.0697. The summed E-state index contributed by atoms with van der Waals surface area (Å²) in [5.41, 5.74) is 2.98. The molecule has 43 heavy (non-hydrogen) atoms. The molecule has 4 heterocycles. The van der Waals surface area contributed by atoms with Crippen molar-refractivity contribution in [3.8, 4) is 5.88 Å². The highest BCUT2D eigenvalue weighted by Crippen LogP contribution is 2.30. The second-order valence-corrected chi connectivity index (χ2v) is 11.0. The third kappa shape index (κ3) is 6.52. The van der Waals surface area contributed by atoms with Crippen LogP contribution in [0.3, 0.4) is 0 Å². The Morgan fingerprint density at radius 1 is 1.09 bits per heavy atom. The summed E-state index contributed by atoms with van der Waals surface area (Å²) in [7, 11) is 0. The van der Waals surface area contributed by atoms with E-state index in [1.165, 1.54) is 6.07 Å². The first-order valence-electron chi connectivity index (χ1n) is 14.2. The highest BCUT2D eigenvalue weighted by atomic mass is 35.5. The minimum Gasteiger partial charge on any atom is -0.478 e. The molecule has 3 aromatic heterocycles. The first kappa shape index (κ1) is 28.8. The Hall–Kier alpha value is -4.35. The number of aromatic nitrogens is 5. The lowest BCUT2D eigenvalue weighted by Gasteiger charge is -2.31. The zero-order valence-corrected chi connectivity index (χ0v) is 24.3. The molecule has 222 valence electrons. The number of likely N-dealkylation sites (tertiary alicyclic amines) is 1. The molecular formula is C31H30ClFN6O4. The van der Waals surface area contributed by atoms with Crippen molar-refractivity contribution < 1.29 is 23.6 Å². The van der Waals surface area contributed by atoms with E-state index in [4.69, 9.17) is 30.8 Å². The molecule has 0 amide bonds. The Morgan fingerprint density at radius 2 is 1.93 bits per heavy atom.